The van der Waals surface area contributed by atoms with Crippen LogP contribution in [0.4, 0.5) is 4.39 Å². The molecule has 1 atom stereocenters. The third kappa shape index (κ3) is 5.57. The summed E-state index contributed by atoms with van der Waals surface area (Å²) in [6, 6.07) is 9.01. The summed E-state index contributed by atoms with van der Waals surface area (Å²) in [5.74, 6) is -2.33. The van der Waals surface area contributed by atoms with Crippen molar-refractivity contribution in [1.82, 2.24) is 16.2 Å². The van der Waals surface area contributed by atoms with Crippen molar-refractivity contribution in [2.75, 3.05) is 6.54 Å². The maximum Gasteiger partial charge on any atom is 0.279 e. The molecule has 1 aromatic carbocycles. The lowest BCUT2D eigenvalue weighted by Gasteiger charge is -2.15. The monoisotopic (exact) mass is 365 g/mol. The smallest absolute Gasteiger partial charge is 0.279 e. The molecule has 3 amide bonds. The van der Waals surface area contributed by atoms with Gasteiger partial charge in [-0.2, -0.15) is 0 Å². The van der Waals surface area contributed by atoms with Gasteiger partial charge in [-0.1, -0.05) is 18.2 Å². The Morgan fingerprint density at radius 1 is 1.16 bits per heavy atom. The fraction of sp³-hybridized carbons (Fsp3) is 0.188. The third-order valence-corrected chi connectivity index (χ3v) is 3.86. The largest absolute Gasteiger partial charge is 0.478 e. The van der Waals surface area contributed by atoms with Gasteiger partial charge in [0.25, 0.3) is 17.7 Å². The van der Waals surface area contributed by atoms with E-state index in [4.69, 9.17) is 4.74 Å². The van der Waals surface area contributed by atoms with Crippen LogP contribution in [0.3, 0.4) is 0 Å². The van der Waals surface area contributed by atoms with Gasteiger partial charge >= 0.3 is 0 Å². The van der Waals surface area contributed by atoms with E-state index >= 15 is 0 Å². The van der Waals surface area contributed by atoms with E-state index < -0.39 is 23.7 Å². The number of halogens is 1. The van der Waals surface area contributed by atoms with Gasteiger partial charge in [-0.3, -0.25) is 25.2 Å². The molecule has 25 heavy (non-hydrogen) atoms. The molecule has 7 nitrogen and oxygen atoms in total. The number of rotatable bonds is 6. The minimum atomic E-state index is -1.03. The second kappa shape index (κ2) is 8.78. The number of benzene rings is 1. The van der Waals surface area contributed by atoms with Crippen LogP contribution in [0.15, 0.2) is 41.8 Å². The average molecular weight is 365 g/mol. The number of amides is 3. The van der Waals surface area contributed by atoms with Crippen LogP contribution in [0.5, 0.6) is 5.75 Å². The van der Waals surface area contributed by atoms with E-state index in [-0.39, 0.29) is 18.2 Å². The number of carbonyl (C=O) groups is 3. The molecule has 0 spiro atoms. The number of hydrogen-bond acceptors (Lipinski definition) is 5. The third-order valence-electron chi connectivity index (χ3n) is 2.99. The van der Waals surface area contributed by atoms with Crippen LogP contribution >= 0.6 is 11.3 Å². The zero-order valence-electron chi connectivity index (χ0n) is 13.2. The van der Waals surface area contributed by atoms with Crippen molar-refractivity contribution in [3.8, 4) is 5.75 Å². The summed E-state index contributed by atoms with van der Waals surface area (Å²) in [4.78, 5) is 35.6. The van der Waals surface area contributed by atoms with Crippen LogP contribution in [0.25, 0.3) is 0 Å². The topological polar surface area (TPSA) is 96.5 Å². The Bertz CT molecular complexity index is 752. The number of para-hydroxylation sites is 1. The first kappa shape index (κ1) is 18.4. The van der Waals surface area contributed by atoms with Crippen LogP contribution in [0, 0.1) is 5.82 Å². The molecular weight excluding hydrogens is 349 g/mol. The van der Waals surface area contributed by atoms with Crippen molar-refractivity contribution >= 4 is 29.1 Å². The predicted molar refractivity (Wildman–Crippen MR) is 89.4 cm³/mol. The molecule has 0 radical (unpaired) electrons. The molecule has 9 heteroatoms. The molecule has 0 saturated heterocycles. The van der Waals surface area contributed by atoms with Crippen LogP contribution in [0.1, 0.15) is 16.6 Å². The first-order valence-corrected chi connectivity index (χ1v) is 8.17. The maximum atomic E-state index is 13.5. The molecule has 0 aliphatic carbocycles. The summed E-state index contributed by atoms with van der Waals surface area (Å²) in [6.07, 6.45) is -1.03. The van der Waals surface area contributed by atoms with Crippen molar-refractivity contribution < 1.29 is 23.5 Å². The summed E-state index contributed by atoms with van der Waals surface area (Å²) < 4.78 is 18.6. The summed E-state index contributed by atoms with van der Waals surface area (Å²) in [5, 5.41) is 4.15. The quantitative estimate of drug-likeness (QED) is 0.671. The highest BCUT2D eigenvalue weighted by Gasteiger charge is 2.17. The zero-order valence-corrected chi connectivity index (χ0v) is 14.1. The predicted octanol–water partition coefficient (Wildman–Crippen LogP) is 1.23. The van der Waals surface area contributed by atoms with Crippen molar-refractivity contribution in [1.29, 1.82) is 0 Å². The molecule has 0 aliphatic rings. The van der Waals surface area contributed by atoms with E-state index in [1.807, 2.05) is 0 Å². The van der Waals surface area contributed by atoms with Crippen molar-refractivity contribution in [3.05, 3.63) is 52.5 Å². The SMILES string of the molecule is C[C@@H](Oc1ccccc1F)C(=O)NNC(=O)CNC(=O)c1cccs1. The van der Waals surface area contributed by atoms with Crippen molar-refractivity contribution in [2.45, 2.75) is 13.0 Å². The molecular formula is C16H16FN3O4S. The Hall–Kier alpha value is -2.94. The lowest BCUT2D eigenvalue weighted by Crippen LogP contribution is -2.50. The van der Waals surface area contributed by atoms with Gasteiger partial charge in [0, 0.05) is 0 Å². The van der Waals surface area contributed by atoms with Gasteiger partial charge in [-0.15, -0.1) is 11.3 Å². The number of hydrogen-bond donors (Lipinski definition) is 3. The lowest BCUT2D eigenvalue weighted by molar-refractivity contribution is -0.132. The van der Waals surface area contributed by atoms with Gasteiger partial charge in [0.05, 0.1) is 11.4 Å². The van der Waals surface area contributed by atoms with E-state index in [1.54, 1.807) is 23.6 Å². The summed E-state index contributed by atoms with van der Waals surface area (Å²) in [5.41, 5.74) is 4.29. The highest BCUT2D eigenvalue weighted by Crippen LogP contribution is 2.16. The first-order valence-electron chi connectivity index (χ1n) is 7.29. The van der Waals surface area contributed by atoms with Crippen LogP contribution in [0.2, 0.25) is 0 Å². The Balaban J connectivity index is 1.72. The highest BCUT2D eigenvalue weighted by molar-refractivity contribution is 7.12. The summed E-state index contributed by atoms with van der Waals surface area (Å²) in [6.45, 7) is 1.10. The molecule has 0 saturated carbocycles. The molecule has 1 heterocycles. The van der Waals surface area contributed by atoms with E-state index in [0.29, 0.717) is 4.88 Å². The molecule has 2 rings (SSSR count). The Labute approximate surface area is 147 Å². The standard InChI is InChI=1S/C16H16FN3O4S/c1-10(24-12-6-3-2-5-11(12)17)15(22)20-19-14(21)9-18-16(23)13-7-4-8-25-13/h2-8,10H,9H2,1H3,(H,18,23)(H,19,21)(H,20,22)/t10-/m1/s1. The van der Waals surface area contributed by atoms with E-state index in [2.05, 4.69) is 16.2 Å². The molecule has 0 aliphatic heterocycles. The second-order valence-electron chi connectivity index (χ2n) is 4.89. The van der Waals surface area contributed by atoms with Gasteiger partial charge in [-0.25, -0.2) is 4.39 Å². The van der Waals surface area contributed by atoms with Gasteiger partial charge in [0.15, 0.2) is 17.7 Å². The molecule has 0 bridgehead atoms. The number of nitrogens with one attached hydrogen (secondary N) is 3. The Morgan fingerprint density at radius 2 is 1.92 bits per heavy atom. The highest BCUT2D eigenvalue weighted by atomic mass is 32.1. The maximum absolute atomic E-state index is 13.5. The van der Waals surface area contributed by atoms with Crippen molar-refractivity contribution in [2.24, 2.45) is 0 Å². The molecule has 1 aromatic heterocycles. The zero-order chi connectivity index (χ0) is 18.2. The minimum Gasteiger partial charge on any atom is -0.478 e. The molecule has 3 N–H and O–H groups in total. The van der Waals surface area contributed by atoms with Gasteiger partial charge in [0.2, 0.25) is 0 Å². The number of carbonyl (C=O) groups excluding carboxylic acids is 3. The van der Waals surface area contributed by atoms with Crippen LogP contribution in [-0.4, -0.2) is 30.4 Å². The lowest BCUT2D eigenvalue weighted by atomic mass is 10.3. The Kier molecular flexibility index (Phi) is 6.47. The fourth-order valence-corrected chi connectivity index (χ4v) is 2.36. The summed E-state index contributed by atoms with van der Waals surface area (Å²) in [7, 11) is 0. The van der Waals surface area contributed by atoms with E-state index in [9.17, 15) is 18.8 Å². The normalized spacial score (nSPS) is 11.3. The van der Waals surface area contributed by atoms with Gasteiger partial charge in [-0.05, 0) is 30.5 Å². The number of hydrazine groups is 1. The Morgan fingerprint density at radius 3 is 2.60 bits per heavy atom. The minimum absolute atomic E-state index is 0.0697. The second-order valence-corrected chi connectivity index (χ2v) is 5.84. The number of thiophene rings is 1. The van der Waals surface area contributed by atoms with Crippen LogP contribution in [-0.2, 0) is 9.59 Å². The molecule has 0 fully saturated rings. The summed E-state index contributed by atoms with van der Waals surface area (Å²) >= 11 is 1.25. The number of ether oxygens (including phenoxy) is 1. The molecule has 0 unspecified atom stereocenters. The molecule has 2 aromatic rings. The van der Waals surface area contributed by atoms with E-state index in [1.165, 1.54) is 36.5 Å². The first-order chi connectivity index (χ1) is 12.0. The fourth-order valence-electron chi connectivity index (χ4n) is 1.72. The molecule has 132 valence electrons. The average Bonchev–Trinajstić information content (AvgIpc) is 3.14. The van der Waals surface area contributed by atoms with Gasteiger partial charge in [0.1, 0.15) is 0 Å². The van der Waals surface area contributed by atoms with Crippen molar-refractivity contribution in [3.63, 3.8) is 0 Å². The van der Waals surface area contributed by atoms with Gasteiger partial charge < -0.3 is 10.1 Å². The van der Waals surface area contributed by atoms with Crippen LogP contribution < -0.4 is 20.9 Å². The van der Waals surface area contributed by atoms with E-state index in [0.717, 1.165) is 0 Å².